The Morgan fingerprint density at radius 3 is 2.48 bits per heavy atom. The summed E-state index contributed by atoms with van der Waals surface area (Å²) in [6.45, 7) is 3.34. The molecular formula is C22H32N4O4S. The fraction of sp³-hybridized carbons (Fsp3) is 0.591. The van der Waals surface area contributed by atoms with Crippen LogP contribution in [0.4, 0.5) is 5.69 Å². The lowest BCUT2D eigenvalue weighted by Crippen LogP contribution is -2.55. The molecule has 2 fully saturated rings. The highest BCUT2D eigenvalue weighted by molar-refractivity contribution is 7.98. The van der Waals surface area contributed by atoms with E-state index >= 15 is 0 Å². The van der Waals surface area contributed by atoms with Crippen LogP contribution in [0.15, 0.2) is 24.3 Å². The van der Waals surface area contributed by atoms with Gasteiger partial charge in [-0.1, -0.05) is 0 Å². The number of nitrogens with one attached hydrogen (secondary N) is 1. The minimum atomic E-state index is -0.548. The van der Waals surface area contributed by atoms with E-state index in [1.807, 2.05) is 30.3 Å². The number of carbonyl (C=O) groups is 3. The van der Waals surface area contributed by atoms with Crippen LogP contribution in [0.3, 0.4) is 0 Å². The van der Waals surface area contributed by atoms with E-state index in [1.54, 1.807) is 35.9 Å². The van der Waals surface area contributed by atoms with E-state index in [1.165, 1.54) is 0 Å². The van der Waals surface area contributed by atoms with Crippen LogP contribution >= 0.6 is 11.8 Å². The zero-order chi connectivity index (χ0) is 22.4. The van der Waals surface area contributed by atoms with Crippen molar-refractivity contribution >= 4 is 35.2 Å². The molecule has 0 aliphatic carbocycles. The second-order valence-electron chi connectivity index (χ2n) is 8.07. The van der Waals surface area contributed by atoms with Crippen LogP contribution in [0.1, 0.15) is 12.8 Å². The number of nitrogens with zero attached hydrogens (tertiary/aromatic N) is 3. The molecule has 170 valence electrons. The zero-order valence-electron chi connectivity index (χ0n) is 18.5. The van der Waals surface area contributed by atoms with Crippen LogP contribution in [0.5, 0.6) is 5.75 Å². The Morgan fingerprint density at radius 1 is 1.19 bits per heavy atom. The van der Waals surface area contributed by atoms with Crippen LogP contribution in [0, 0.1) is 5.92 Å². The number of benzene rings is 1. The van der Waals surface area contributed by atoms with Crippen LogP contribution in [-0.4, -0.2) is 92.5 Å². The Hall–Kier alpha value is -2.26. The van der Waals surface area contributed by atoms with Gasteiger partial charge in [-0.3, -0.25) is 14.4 Å². The number of anilines is 1. The summed E-state index contributed by atoms with van der Waals surface area (Å²) >= 11 is 1.65. The summed E-state index contributed by atoms with van der Waals surface area (Å²) in [4.78, 5) is 44.3. The number of piperazine rings is 1. The van der Waals surface area contributed by atoms with Gasteiger partial charge in [-0.25, -0.2) is 0 Å². The minimum Gasteiger partial charge on any atom is -0.497 e. The molecule has 9 heteroatoms. The number of rotatable bonds is 8. The van der Waals surface area contributed by atoms with Crippen molar-refractivity contribution in [3.05, 3.63) is 24.3 Å². The summed E-state index contributed by atoms with van der Waals surface area (Å²) in [5.74, 6) is 0.697. The molecule has 2 saturated heterocycles. The Kier molecular flexibility index (Phi) is 8.20. The van der Waals surface area contributed by atoms with Crippen molar-refractivity contribution in [3.8, 4) is 5.75 Å². The van der Waals surface area contributed by atoms with E-state index < -0.39 is 12.0 Å². The molecule has 2 aliphatic heterocycles. The number of likely N-dealkylation sites (N-methyl/N-ethyl adjacent to an activating group) is 1. The second-order valence-corrected chi connectivity index (χ2v) is 9.06. The van der Waals surface area contributed by atoms with Gasteiger partial charge in [-0.05, 0) is 49.7 Å². The van der Waals surface area contributed by atoms with E-state index in [-0.39, 0.29) is 24.1 Å². The van der Waals surface area contributed by atoms with Gasteiger partial charge in [-0.15, -0.1) is 0 Å². The molecule has 3 amide bonds. The van der Waals surface area contributed by atoms with Crippen LogP contribution in [0.2, 0.25) is 0 Å². The Labute approximate surface area is 188 Å². The summed E-state index contributed by atoms with van der Waals surface area (Å²) < 4.78 is 5.16. The molecule has 31 heavy (non-hydrogen) atoms. The van der Waals surface area contributed by atoms with E-state index in [2.05, 4.69) is 10.2 Å². The van der Waals surface area contributed by atoms with Crippen molar-refractivity contribution < 1.29 is 19.1 Å². The van der Waals surface area contributed by atoms with Gasteiger partial charge in [0.05, 0.1) is 13.0 Å². The maximum Gasteiger partial charge on any atom is 0.245 e. The number of amides is 3. The van der Waals surface area contributed by atoms with Crippen molar-refractivity contribution in [2.45, 2.75) is 18.9 Å². The van der Waals surface area contributed by atoms with Gasteiger partial charge < -0.3 is 24.8 Å². The minimum absolute atomic E-state index is 0.0215. The highest BCUT2D eigenvalue weighted by Crippen LogP contribution is 2.27. The molecule has 1 aromatic carbocycles. The number of hydrogen-bond donors (Lipinski definition) is 1. The van der Waals surface area contributed by atoms with E-state index in [9.17, 15) is 14.4 Å². The van der Waals surface area contributed by atoms with Crippen molar-refractivity contribution in [1.29, 1.82) is 0 Å². The molecule has 2 aliphatic rings. The first-order valence-corrected chi connectivity index (χ1v) is 12.0. The summed E-state index contributed by atoms with van der Waals surface area (Å²) in [5.41, 5.74) is 0.744. The van der Waals surface area contributed by atoms with E-state index in [0.717, 1.165) is 24.5 Å². The number of hydrogen-bond acceptors (Lipinski definition) is 6. The molecule has 0 bridgehead atoms. The topological polar surface area (TPSA) is 82.2 Å². The molecule has 2 unspecified atom stereocenters. The molecular weight excluding hydrogens is 416 g/mol. The van der Waals surface area contributed by atoms with E-state index in [0.29, 0.717) is 31.8 Å². The summed E-state index contributed by atoms with van der Waals surface area (Å²) in [6.07, 6.45) is 2.72. The first-order valence-electron chi connectivity index (χ1n) is 10.6. The largest absolute Gasteiger partial charge is 0.497 e. The standard InChI is InChI=1S/C22H32N4O4S/c1-24-9-11-25(12-10-24)22(29)19(8-13-31-3)23-21(28)16-14-20(27)26(15-16)17-4-6-18(30-2)7-5-17/h4-7,16,19H,8-15H2,1-3H3,(H,23,28). The second kappa shape index (κ2) is 10.9. The number of carbonyl (C=O) groups excluding carboxylic acids is 3. The van der Waals surface area contributed by atoms with Gasteiger partial charge >= 0.3 is 0 Å². The summed E-state index contributed by atoms with van der Waals surface area (Å²) in [5, 5.41) is 2.96. The number of ether oxygens (including phenoxy) is 1. The first-order chi connectivity index (χ1) is 14.9. The fourth-order valence-electron chi connectivity index (χ4n) is 3.92. The predicted molar refractivity (Wildman–Crippen MR) is 122 cm³/mol. The van der Waals surface area contributed by atoms with Crippen LogP contribution < -0.4 is 15.0 Å². The SMILES string of the molecule is COc1ccc(N2CC(C(=O)NC(CCSC)C(=O)N3CCN(C)CC3)CC2=O)cc1. The van der Waals surface area contributed by atoms with Gasteiger partial charge in [0.15, 0.2) is 0 Å². The summed E-state index contributed by atoms with van der Waals surface area (Å²) in [7, 11) is 3.63. The Morgan fingerprint density at radius 2 is 1.87 bits per heavy atom. The third-order valence-corrected chi connectivity index (χ3v) is 6.56. The molecule has 2 heterocycles. The van der Waals surface area contributed by atoms with Crippen molar-refractivity contribution in [2.24, 2.45) is 5.92 Å². The van der Waals surface area contributed by atoms with Gasteiger partial charge in [0.1, 0.15) is 11.8 Å². The maximum atomic E-state index is 13.1. The lowest BCUT2D eigenvalue weighted by molar-refractivity contribution is -0.138. The van der Waals surface area contributed by atoms with Crippen molar-refractivity contribution in [2.75, 3.05) is 63.8 Å². The monoisotopic (exact) mass is 448 g/mol. The van der Waals surface area contributed by atoms with Gasteiger partial charge in [0.25, 0.3) is 0 Å². The molecule has 3 rings (SSSR count). The quantitative estimate of drug-likeness (QED) is 0.641. The molecule has 0 radical (unpaired) electrons. The Bertz CT molecular complexity index is 780. The highest BCUT2D eigenvalue weighted by Gasteiger charge is 2.37. The first kappa shape index (κ1) is 23.4. The average molecular weight is 449 g/mol. The van der Waals surface area contributed by atoms with Gasteiger partial charge in [-0.2, -0.15) is 11.8 Å². The maximum absolute atomic E-state index is 13.1. The number of thioether (sulfide) groups is 1. The molecule has 8 nitrogen and oxygen atoms in total. The average Bonchev–Trinajstić information content (AvgIpc) is 3.18. The fourth-order valence-corrected chi connectivity index (χ4v) is 4.40. The third kappa shape index (κ3) is 5.92. The van der Waals surface area contributed by atoms with Crippen molar-refractivity contribution in [3.63, 3.8) is 0 Å². The third-order valence-electron chi connectivity index (χ3n) is 5.92. The molecule has 1 aromatic rings. The highest BCUT2D eigenvalue weighted by atomic mass is 32.2. The molecule has 0 aromatic heterocycles. The summed E-state index contributed by atoms with van der Waals surface area (Å²) in [6, 6.07) is 6.67. The normalized spacial score (nSPS) is 20.6. The van der Waals surface area contributed by atoms with Crippen molar-refractivity contribution in [1.82, 2.24) is 15.1 Å². The molecule has 0 spiro atoms. The molecule has 1 N–H and O–H groups in total. The molecule has 2 atom stereocenters. The smallest absolute Gasteiger partial charge is 0.245 e. The molecule has 0 saturated carbocycles. The van der Waals surface area contributed by atoms with Crippen LogP contribution in [-0.2, 0) is 14.4 Å². The zero-order valence-corrected chi connectivity index (χ0v) is 19.3. The number of methoxy groups -OCH3 is 1. The van der Waals surface area contributed by atoms with Crippen LogP contribution in [0.25, 0.3) is 0 Å². The predicted octanol–water partition coefficient (Wildman–Crippen LogP) is 1.06. The lowest BCUT2D eigenvalue weighted by atomic mass is 10.1. The van der Waals surface area contributed by atoms with Gasteiger partial charge in [0, 0.05) is 44.8 Å². The van der Waals surface area contributed by atoms with E-state index in [4.69, 9.17) is 4.74 Å². The Balaban J connectivity index is 1.62. The van der Waals surface area contributed by atoms with Gasteiger partial charge in [0.2, 0.25) is 17.7 Å². The lowest BCUT2D eigenvalue weighted by Gasteiger charge is -2.35.